The monoisotopic (exact) mass is 297 g/mol. The van der Waals surface area contributed by atoms with E-state index in [4.69, 9.17) is 5.11 Å². The van der Waals surface area contributed by atoms with Crippen molar-refractivity contribution in [3.8, 4) is 0 Å². The normalized spacial score (nSPS) is 18.3. The lowest BCUT2D eigenvalue weighted by atomic mass is 10.0. The van der Waals surface area contributed by atoms with Gasteiger partial charge in [-0.25, -0.2) is 13.1 Å². The number of sulfonamides is 1. The number of hydrogen-bond donors (Lipinski definition) is 2. The molecule has 1 aliphatic carbocycles. The molecule has 2 N–H and O–H groups in total. The fraction of sp³-hybridized carbons (Fsp3) is 0.600. The highest BCUT2D eigenvalue weighted by Gasteiger charge is 2.25. The summed E-state index contributed by atoms with van der Waals surface area (Å²) in [7, 11) is -3.44. The van der Waals surface area contributed by atoms with E-state index in [9.17, 15) is 8.42 Å². The number of hydrogen-bond acceptors (Lipinski definition) is 3. The fourth-order valence-electron chi connectivity index (χ4n) is 2.83. The average molecular weight is 297 g/mol. The second-order valence-corrected chi connectivity index (χ2v) is 7.29. The Morgan fingerprint density at radius 3 is 2.40 bits per heavy atom. The maximum atomic E-state index is 12.3. The summed E-state index contributed by atoms with van der Waals surface area (Å²) in [5.41, 5.74) is 0.940. The third-order valence-electron chi connectivity index (χ3n) is 4.08. The molecular weight excluding hydrogens is 274 g/mol. The standard InChI is InChI=1S/C15H23NO3S/c1-12(14-4-2-3-5-14)16-20(18,19)15-8-6-13(7-9-15)10-11-17/h6-9,12,14,16-17H,2-5,10-11H2,1H3. The first kappa shape index (κ1) is 15.5. The Balaban J connectivity index is 2.05. The van der Waals surface area contributed by atoms with Crippen LogP contribution < -0.4 is 4.72 Å². The third kappa shape index (κ3) is 3.81. The van der Waals surface area contributed by atoms with Crippen LogP contribution in [0.2, 0.25) is 0 Å². The lowest BCUT2D eigenvalue weighted by Gasteiger charge is -2.20. The van der Waals surface area contributed by atoms with Gasteiger partial charge in [-0.1, -0.05) is 25.0 Å². The molecule has 0 aliphatic heterocycles. The summed E-state index contributed by atoms with van der Waals surface area (Å²) in [6, 6.07) is 6.71. The lowest BCUT2D eigenvalue weighted by Crippen LogP contribution is -2.37. The van der Waals surface area contributed by atoms with Gasteiger partial charge >= 0.3 is 0 Å². The van der Waals surface area contributed by atoms with Crippen molar-refractivity contribution in [2.45, 2.75) is 50.0 Å². The average Bonchev–Trinajstić information content (AvgIpc) is 2.93. The van der Waals surface area contributed by atoms with Crippen molar-refractivity contribution in [1.29, 1.82) is 0 Å². The maximum absolute atomic E-state index is 12.3. The van der Waals surface area contributed by atoms with Gasteiger partial charge < -0.3 is 5.11 Å². The first-order valence-corrected chi connectivity index (χ1v) is 8.73. The summed E-state index contributed by atoms with van der Waals surface area (Å²) in [4.78, 5) is 0.295. The van der Waals surface area contributed by atoms with Gasteiger partial charge in [0.15, 0.2) is 0 Å². The predicted molar refractivity (Wildman–Crippen MR) is 79.0 cm³/mol. The zero-order valence-corrected chi connectivity index (χ0v) is 12.7. The van der Waals surface area contributed by atoms with Crippen LogP contribution in [0.25, 0.3) is 0 Å². The van der Waals surface area contributed by atoms with E-state index in [-0.39, 0.29) is 12.6 Å². The van der Waals surface area contributed by atoms with E-state index in [0.717, 1.165) is 18.4 Å². The molecule has 0 saturated heterocycles. The molecule has 0 bridgehead atoms. The van der Waals surface area contributed by atoms with Gasteiger partial charge in [-0.05, 0) is 49.8 Å². The zero-order chi connectivity index (χ0) is 14.6. The smallest absolute Gasteiger partial charge is 0.240 e. The molecule has 0 radical (unpaired) electrons. The molecule has 1 atom stereocenters. The molecule has 4 nitrogen and oxygen atoms in total. The van der Waals surface area contributed by atoms with E-state index in [1.807, 2.05) is 6.92 Å². The number of aliphatic hydroxyl groups is 1. The Hall–Kier alpha value is -0.910. The topological polar surface area (TPSA) is 66.4 Å². The van der Waals surface area contributed by atoms with Crippen LogP contribution in [0.4, 0.5) is 0 Å². The number of aliphatic hydroxyl groups excluding tert-OH is 1. The number of benzene rings is 1. The molecular formula is C15H23NO3S. The molecule has 0 spiro atoms. The van der Waals surface area contributed by atoms with Gasteiger partial charge in [-0.3, -0.25) is 0 Å². The van der Waals surface area contributed by atoms with E-state index in [1.54, 1.807) is 24.3 Å². The Morgan fingerprint density at radius 1 is 1.25 bits per heavy atom. The van der Waals surface area contributed by atoms with Gasteiger partial charge in [0, 0.05) is 12.6 Å². The van der Waals surface area contributed by atoms with Crippen LogP contribution in [0.15, 0.2) is 29.2 Å². The molecule has 20 heavy (non-hydrogen) atoms. The minimum absolute atomic E-state index is 0.0142. The van der Waals surface area contributed by atoms with Crippen LogP contribution in [-0.4, -0.2) is 26.2 Å². The van der Waals surface area contributed by atoms with Crippen LogP contribution in [0.1, 0.15) is 38.2 Å². The van der Waals surface area contributed by atoms with Crippen LogP contribution in [0.3, 0.4) is 0 Å². The molecule has 1 aromatic carbocycles. The van der Waals surface area contributed by atoms with Crippen molar-refractivity contribution in [1.82, 2.24) is 4.72 Å². The Bertz CT molecular complexity index is 519. The highest BCUT2D eigenvalue weighted by atomic mass is 32.2. The van der Waals surface area contributed by atoms with E-state index < -0.39 is 10.0 Å². The minimum Gasteiger partial charge on any atom is -0.396 e. The second kappa shape index (κ2) is 6.70. The van der Waals surface area contributed by atoms with Crippen molar-refractivity contribution >= 4 is 10.0 Å². The third-order valence-corrected chi connectivity index (χ3v) is 5.66. The first-order valence-electron chi connectivity index (χ1n) is 7.25. The van der Waals surface area contributed by atoms with Gasteiger partial charge in [-0.2, -0.15) is 0 Å². The van der Waals surface area contributed by atoms with Crippen molar-refractivity contribution in [2.24, 2.45) is 5.92 Å². The van der Waals surface area contributed by atoms with Crippen LogP contribution >= 0.6 is 0 Å². The van der Waals surface area contributed by atoms with E-state index in [0.29, 0.717) is 17.2 Å². The van der Waals surface area contributed by atoms with Crippen molar-refractivity contribution < 1.29 is 13.5 Å². The summed E-state index contributed by atoms with van der Waals surface area (Å²) < 4.78 is 27.4. The highest BCUT2D eigenvalue weighted by molar-refractivity contribution is 7.89. The van der Waals surface area contributed by atoms with Crippen LogP contribution in [0.5, 0.6) is 0 Å². The van der Waals surface area contributed by atoms with Gasteiger partial charge in [0.25, 0.3) is 0 Å². The fourth-order valence-corrected chi connectivity index (χ4v) is 4.14. The largest absolute Gasteiger partial charge is 0.396 e. The molecule has 0 aromatic heterocycles. The summed E-state index contributed by atoms with van der Waals surface area (Å²) in [5, 5.41) is 8.86. The molecule has 5 heteroatoms. The molecule has 2 rings (SSSR count). The van der Waals surface area contributed by atoms with Crippen LogP contribution in [0, 0.1) is 5.92 Å². The summed E-state index contributed by atoms with van der Waals surface area (Å²) in [5.74, 6) is 0.457. The van der Waals surface area contributed by atoms with Crippen LogP contribution in [-0.2, 0) is 16.4 Å². The van der Waals surface area contributed by atoms with Gasteiger partial charge in [-0.15, -0.1) is 0 Å². The highest BCUT2D eigenvalue weighted by Crippen LogP contribution is 2.28. The summed E-state index contributed by atoms with van der Waals surface area (Å²) in [6.45, 7) is 2.02. The van der Waals surface area contributed by atoms with Gasteiger partial charge in [0.2, 0.25) is 10.0 Å². The Kier molecular flexibility index (Phi) is 5.18. The molecule has 1 aromatic rings. The SMILES string of the molecule is CC(NS(=O)(=O)c1ccc(CCO)cc1)C1CCCC1. The van der Waals surface area contributed by atoms with Crippen molar-refractivity contribution in [2.75, 3.05) is 6.61 Å². The van der Waals surface area contributed by atoms with E-state index in [1.165, 1.54) is 12.8 Å². The van der Waals surface area contributed by atoms with E-state index in [2.05, 4.69) is 4.72 Å². The second-order valence-electron chi connectivity index (χ2n) is 5.57. The minimum atomic E-state index is -3.44. The predicted octanol–water partition coefficient (Wildman–Crippen LogP) is 2.08. The molecule has 0 amide bonds. The van der Waals surface area contributed by atoms with Gasteiger partial charge in [0.1, 0.15) is 0 Å². The summed E-state index contributed by atoms with van der Waals surface area (Å²) in [6.07, 6.45) is 5.17. The molecule has 0 heterocycles. The molecule has 112 valence electrons. The molecule has 1 fully saturated rings. The number of nitrogens with one attached hydrogen (secondary N) is 1. The Morgan fingerprint density at radius 2 is 1.85 bits per heavy atom. The maximum Gasteiger partial charge on any atom is 0.240 e. The van der Waals surface area contributed by atoms with Gasteiger partial charge in [0.05, 0.1) is 4.90 Å². The van der Waals surface area contributed by atoms with E-state index >= 15 is 0 Å². The zero-order valence-electron chi connectivity index (χ0n) is 11.9. The van der Waals surface area contributed by atoms with Crippen molar-refractivity contribution in [3.05, 3.63) is 29.8 Å². The first-order chi connectivity index (χ1) is 9.53. The van der Waals surface area contributed by atoms with Crippen molar-refractivity contribution in [3.63, 3.8) is 0 Å². The molecule has 1 aliphatic rings. The quantitative estimate of drug-likeness (QED) is 0.845. The molecule has 1 unspecified atom stereocenters. The summed E-state index contributed by atoms with van der Waals surface area (Å²) >= 11 is 0. The Labute approximate surface area is 121 Å². The number of rotatable bonds is 6. The molecule has 1 saturated carbocycles. The lowest BCUT2D eigenvalue weighted by molar-refractivity contribution is 0.299.